The highest BCUT2D eigenvalue weighted by molar-refractivity contribution is 5.27. The first-order valence-electron chi connectivity index (χ1n) is 8.30. The highest BCUT2D eigenvalue weighted by Gasteiger charge is 2.16. The average molecular weight is 273 g/mol. The van der Waals surface area contributed by atoms with E-state index in [1.54, 1.807) is 0 Å². The Morgan fingerprint density at radius 2 is 1.70 bits per heavy atom. The summed E-state index contributed by atoms with van der Waals surface area (Å²) in [5.74, 6) is 0.962. The number of rotatable bonds is 5. The van der Waals surface area contributed by atoms with E-state index in [0.29, 0.717) is 6.04 Å². The molecule has 1 aliphatic rings. The van der Waals surface area contributed by atoms with Gasteiger partial charge in [0.05, 0.1) is 0 Å². The van der Waals surface area contributed by atoms with E-state index >= 15 is 0 Å². The maximum atomic E-state index is 6.31. The van der Waals surface area contributed by atoms with E-state index in [0.717, 1.165) is 12.3 Å². The number of benzene rings is 1. The minimum absolute atomic E-state index is 0.239. The fraction of sp³-hybridized carbons (Fsp3) is 0.684. The molecule has 0 heterocycles. The Kier molecular flexibility index (Phi) is 5.26. The van der Waals surface area contributed by atoms with Crippen LogP contribution in [0.15, 0.2) is 24.3 Å². The molecule has 0 amide bonds. The van der Waals surface area contributed by atoms with Gasteiger partial charge < -0.3 is 5.73 Å². The molecule has 1 fully saturated rings. The summed E-state index contributed by atoms with van der Waals surface area (Å²) in [5.41, 5.74) is 9.34. The van der Waals surface area contributed by atoms with Crippen LogP contribution in [0, 0.1) is 5.92 Å². The third kappa shape index (κ3) is 4.63. The van der Waals surface area contributed by atoms with Crippen molar-refractivity contribution in [2.75, 3.05) is 0 Å². The Morgan fingerprint density at radius 1 is 1.10 bits per heavy atom. The molecular weight excluding hydrogens is 242 g/mol. The smallest absolute Gasteiger partial charge is 0.00794 e. The Balaban J connectivity index is 1.80. The summed E-state index contributed by atoms with van der Waals surface area (Å²) in [6, 6.07) is 9.38. The average Bonchev–Trinajstić information content (AvgIpc) is 2.89. The van der Waals surface area contributed by atoms with E-state index in [-0.39, 0.29) is 5.41 Å². The predicted molar refractivity (Wildman–Crippen MR) is 88.0 cm³/mol. The Bertz CT molecular complexity index is 393. The normalized spacial score (nSPS) is 18.4. The summed E-state index contributed by atoms with van der Waals surface area (Å²) >= 11 is 0. The topological polar surface area (TPSA) is 26.0 Å². The number of nitrogens with two attached hydrogens (primary N) is 1. The van der Waals surface area contributed by atoms with E-state index in [1.165, 1.54) is 49.7 Å². The molecule has 1 nitrogen and oxygen atoms in total. The van der Waals surface area contributed by atoms with Crippen molar-refractivity contribution in [1.82, 2.24) is 0 Å². The van der Waals surface area contributed by atoms with Crippen LogP contribution < -0.4 is 5.73 Å². The molecule has 1 unspecified atom stereocenters. The van der Waals surface area contributed by atoms with Crippen molar-refractivity contribution in [1.29, 1.82) is 0 Å². The standard InChI is InChI=1S/C19H31N/c1-19(2,3)17-11-8-16(9-12-17)14-18(20)13-10-15-6-4-5-7-15/h8-9,11-12,15,18H,4-7,10,13-14,20H2,1-3H3. The minimum Gasteiger partial charge on any atom is -0.327 e. The molecule has 1 aromatic carbocycles. The van der Waals surface area contributed by atoms with Crippen molar-refractivity contribution < 1.29 is 0 Å². The van der Waals surface area contributed by atoms with Crippen molar-refractivity contribution in [3.05, 3.63) is 35.4 Å². The van der Waals surface area contributed by atoms with Gasteiger partial charge in [-0.2, -0.15) is 0 Å². The molecule has 20 heavy (non-hydrogen) atoms. The molecular formula is C19H31N. The monoisotopic (exact) mass is 273 g/mol. The summed E-state index contributed by atoms with van der Waals surface area (Å²) in [5, 5.41) is 0. The van der Waals surface area contributed by atoms with Crippen molar-refractivity contribution in [3.63, 3.8) is 0 Å². The molecule has 0 saturated heterocycles. The largest absolute Gasteiger partial charge is 0.327 e. The summed E-state index contributed by atoms with van der Waals surface area (Å²) in [6.45, 7) is 6.78. The maximum Gasteiger partial charge on any atom is 0.00794 e. The molecule has 1 atom stereocenters. The summed E-state index contributed by atoms with van der Waals surface area (Å²) < 4.78 is 0. The van der Waals surface area contributed by atoms with Gasteiger partial charge in [0.1, 0.15) is 0 Å². The van der Waals surface area contributed by atoms with Crippen LogP contribution in [0.1, 0.15) is 70.4 Å². The van der Waals surface area contributed by atoms with Crippen molar-refractivity contribution in [2.45, 2.75) is 77.2 Å². The van der Waals surface area contributed by atoms with E-state index in [9.17, 15) is 0 Å². The van der Waals surface area contributed by atoms with Crippen LogP contribution in [-0.4, -0.2) is 6.04 Å². The first kappa shape index (κ1) is 15.6. The zero-order valence-corrected chi connectivity index (χ0v) is 13.5. The second-order valence-corrected chi connectivity index (χ2v) is 7.64. The van der Waals surface area contributed by atoms with Crippen molar-refractivity contribution in [2.24, 2.45) is 11.7 Å². The molecule has 1 heteroatoms. The molecule has 2 rings (SSSR count). The zero-order valence-electron chi connectivity index (χ0n) is 13.5. The predicted octanol–water partition coefficient (Wildman–Crippen LogP) is 4.82. The van der Waals surface area contributed by atoms with E-state index < -0.39 is 0 Å². The van der Waals surface area contributed by atoms with Crippen LogP contribution in [0.25, 0.3) is 0 Å². The van der Waals surface area contributed by atoms with Gasteiger partial charge in [0, 0.05) is 6.04 Å². The lowest BCUT2D eigenvalue weighted by atomic mass is 9.86. The van der Waals surface area contributed by atoms with Gasteiger partial charge >= 0.3 is 0 Å². The van der Waals surface area contributed by atoms with Crippen LogP contribution in [0.3, 0.4) is 0 Å². The van der Waals surface area contributed by atoms with Crippen molar-refractivity contribution >= 4 is 0 Å². The molecule has 1 saturated carbocycles. The number of hydrogen-bond acceptors (Lipinski definition) is 1. The van der Waals surface area contributed by atoms with Crippen LogP contribution in [0.2, 0.25) is 0 Å². The lowest BCUT2D eigenvalue weighted by molar-refractivity contribution is 0.447. The van der Waals surface area contributed by atoms with Gasteiger partial charge in [0.25, 0.3) is 0 Å². The highest BCUT2D eigenvalue weighted by atomic mass is 14.6. The van der Waals surface area contributed by atoms with Gasteiger partial charge in [-0.1, -0.05) is 70.7 Å². The fourth-order valence-electron chi connectivity index (χ4n) is 3.29. The Morgan fingerprint density at radius 3 is 2.25 bits per heavy atom. The van der Waals surface area contributed by atoms with E-state index in [4.69, 9.17) is 5.73 Å². The third-order valence-electron chi connectivity index (χ3n) is 4.74. The minimum atomic E-state index is 0.239. The van der Waals surface area contributed by atoms with Crippen molar-refractivity contribution in [3.8, 4) is 0 Å². The molecule has 0 bridgehead atoms. The van der Waals surface area contributed by atoms with Gasteiger partial charge in [-0.3, -0.25) is 0 Å². The molecule has 1 aliphatic carbocycles. The zero-order chi connectivity index (χ0) is 14.6. The fourth-order valence-corrected chi connectivity index (χ4v) is 3.29. The SMILES string of the molecule is CC(C)(C)c1ccc(CC(N)CCC2CCCC2)cc1. The summed E-state index contributed by atoms with van der Waals surface area (Å²) in [7, 11) is 0. The molecule has 0 radical (unpaired) electrons. The summed E-state index contributed by atoms with van der Waals surface area (Å²) in [4.78, 5) is 0. The van der Waals surface area contributed by atoms with Gasteiger partial charge in [-0.25, -0.2) is 0 Å². The molecule has 0 aliphatic heterocycles. The third-order valence-corrected chi connectivity index (χ3v) is 4.74. The first-order chi connectivity index (χ1) is 9.45. The van der Waals surface area contributed by atoms with E-state index in [1.807, 2.05) is 0 Å². The number of hydrogen-bond donors (Lipinski definition) is 1. The van der Waals surface area contributed by atoms with Crippen LogP contribution in [0.5, 0.6) is 0 Å². The van der Waals surface area contributed by atoms with Gasteiger partial charge in [0.2, 0.25) is 0 Å². The van der Waals surface area contributed by atoms with Gasteiger partial charge in [-0.15, -0.1) is 0 Å². The van der Waals surface area contributed by atoms with Crippen LogP contribution in [0.4, 0.5) is 0 Å². The van der Waals surface area contributed by atoms with Gasteiger partial charge in [-0.05, 0) is 41.7 Å². The molecule has 0 aromatic heterocycles. The van der Waals surface area contributed by atoms with Gasteiger partial charge in [0.15, 0.2) is 0 Å². The van der Waals surface area contributed by atoms with E-state index in [2.05, 4.69) is 45.0 Å². The quantitative estimate of drug-likeness (QED) is 0.817. The van der Waals surface area contributed by atoms with Crippen LogP contribution >= 0.6 is 0 Å². The lowest BCUT2D eigenvalue weighted by Crippen LogP contribution is -2.23. The second-order valence-electron chi connectivity index (χ2n) is 7.64. The maximum absolute atomic E-state index is 6.31. The summed E-state index contributed by atoms with van der Waals surface area (Å²) in [6.07, 6.45) is 9.30. The molecule has 0 spiro atoms. The van der Waals surface area contributed by atoms with Crippen LogP contribution in [-0.2, 0) is 11.8 Å². The highest BCUT2D eigenvalue weighted by Crippen LogP contribution is 2.29. The first-order valence-corrected chi connectivity index (χ1v) is 8.30. The molecule has 2 N–H and O–H groups in total. The Hall–Kier alpha value is -0.820. The molecule has 1 aromatic rings. The second kappa shape index (κ2) is 6.76. The lowest BCUT2D eigenvalue weighted by Gasteiger charge is -2.20. The molecule has 112 valence electrons. The Labute approximate surface area is 125 Å².